The molecule has 182 valence electrons. The second kappa shape index (κ2) is 10.7. The highest BCUT2D eigenvalue weighted by Gasteiger charge is 2.49. The van der Waals surface area contributed by atoms with E-state index in [-0.39, 0.29) is 24.4 Å². The molecule has 0 aliphatic carbocycles. The number of fused-ring (bicyclic) bond motifs is 1. The molecule has 0 spiro atoms. The van der Waals surface area contributed by atoms with Crippen molar-refractivity contribution in [2.45, 2.75) is 63.7 Å². The lowest BCUT2D eigenvalue weighted by Gasteiger charge is -2.33. The lowest BCUT2D eigenvalue weighted by Crippen LogP contribution is -2.55. The third-order valence-corrected chi connectivity index (χ3v) is 5.60. The van der Waals surface area contributed by atoms with Gasteiger partial charge in [0.1, 0.15) is 6.04 Å². The monoisotopic (exact) mass is 479 g/mol. The number of hydrogen-bond donors (Lipinski definition) is 1. The third kappa shape index (κ3) is 5.56. The Hall–Kier alpha value is -3.39. The first kappa shape index (κ1) is 25.2. The number of hydrogen-bond acceptors (Lipinski definition) is 6. The topological polar surface area (TPSA) is 110 Å². The van der Waals surface area contributed by atoms with Crippen LogP contribution in [0.1, 0.15) is 66.4 Å². The molecule has 1 aromatic carbocycles. The van der Waals surface area contributed by atoms with Gasteiger partial charge in [0.25, 0.3) is 17.7 Å². The summed E-state index contributed by atoms with van der Waals surface area (Å²) < 4.78 is 37.6. The van der Waals surface area contributed by atoms with Gasteiger partial charge in [-0.3, -0.25) is 14.4 Å². The molecular formula is C23H24F3N3O5. The molecule has 2 aliphatic rings. The maximum absolute atomic E-state index is 13.0. The number of alkyl halides is 3. The van der Waals surface area contributed by atoms with Gasteiger partial charge in [-0.25, -0.2) is 4.79 Å². The number of unbranched alkanes of at least 4 members (excludes halogenated alkanes) is 4. The van der Waals surface area contributed by atoms with Crippen molar-refractivity contribution in [2.24, 2.45) is 5.73 Å². The first-order valence-corrected chi connectivity index (χ1v) is 10.9. The van der Waals surface area contributed by atoms with E-state index in [0.717, 1.165) is 25.7 Å². The predicted octanol–water partition coefficient (Wildman–Crippen LogP) is 2.44. The van der Waals surface area contributed by atoms with E-state index in [1.165, 1.54) is 4.90 Å². The number of carbonyl (C=O) groups excluding carboxylic acids is 4. The molecule has 34 heavy (non-hydrogen) atoms. The Morgan fingerprint density at radius 1 is 1.15 bits per heavy atom. The molecule has 2 N–H and O–H groups in total. The summed E-state index contributed by atoms with van der Waals surface area (Å²) in [6, 6.07) is 3.74. The number of imide groups is 1. The zero-order chi connectivity index (χ0) is 24.9. The zero-order valence-corrected chi connectivity index (χ0v) is 18.3. The Morgan fingerprint density at radius 2 is 1.88 bits per heavy atom. The maximum atomic E-state index is 13.0. The molecule has 1 unspecified atom stereocenters. The largest absolute Gasteiger partial charge is 0.493 e. The number of amides is 3. The lowest BCUT2D eigenvalue weighted by atomic mass is 10.0. The highest BCUT2D eigenvalue weighted by molar-refractivity contribution is 6.05. The number of nitrogens with zero attached hydrogens (tertiary/aromatic N) is 2. The lowest BCUT2D eigenvalue weighted by molar-refractivity contribution is -0.238. The molecule has 0 saturated carbocycles. The van der Waals surface area contributed by atoms with Crippen molar-refractivity contribution in [3.05, 3.63) is 34.9 Å². The minimum Gasteiger partial charge on any atom is -0.330 e. The standard InChI is InChI=1S/C23H24F3N3O5/c24-23(25,26)22(33)34-29-19(30)12-11-18(21(29)32)28-14-17-15(9-7-10-16(17)20(28)31)8-5-3-1-2-4-6-13-27/h7,9-10,18H,1-4,6,11-14,27H2. The SMILES string of the molecule is NCCCCCCC#Cc1cccc2c1CN(C1CCC(=O)N(OC(=O)C(F)(F)F)C1=O)C2=O. The van der Waals surface area contributed by atoms with E-state index in [1.807, 2.05) is 0 Å². The first-order valence-electron chi connectivity index (χ1n) is 10.9. The number of piperidine rings is 1. The fourth-order valence-electron chi connectivity index (χ4n) is 3.86. The van der Waals surface area contributed by atoms with E-state index in [2.05, 4.69) is 16.7 Å². The Labute approximate surface area is 194 Å². The van der Waals surface area contributed by atoms with Crippen LogP contribution in [0.3, 0.4) is 0 Å². The van der Waals surface area contributed by atoms with Crippen molar-refractivity contribution in [2.75, 3.05) is 6.54 Å². The molecule has 2 heterocycles. The molecular weight excluding hydrogens is 455 g/mol. The van der Waals surface area contributed by atoms with Crippen LogP contribution in [0.5, 0.6) is 0 Å². The van der Waals surface area contributed by atoms with Crippen LogP contribution in [-0.4, -0.2) is 52.4 Å². The molecule has 1 fully saturated rings. The van der Waals surface area contributed by atoms with Crippen molar-refractivity contribution < 1.29 is 37.2 Å². The highest BCUT2D eigenvalue weighted by Crippen LogP contribution is 2.31. The third-order valence-electron chi connectivity index (χ3n) is 5.60. The molecule has 0 bridgehead atoms. The van der Waals surface area contributed by atoms with Crippen LogP contribution >= 0.6 is 0 Å². The highest BCUT2D eigenvalue weighted by atomic mass is 19.4. The van der Waals surface area contributed by atoms with E-state index in [0.29, 0.717) is 29.7 Å². The van der Waals surface area contributed by atoms with Crippen molar-refractivity contribution in [1.82, 2.24) is 9.96 Å². The van der Waals surface area contributed by atoms with E-state index < -0.39 is 35.9 Å². The Bertz CT molecular complexity index is 1040. The summed E-state index contributed by atoms with van der Waals surface area (Å²) in [5.74, 6) is 0.663. The van der Waals surface area contributed by atoms with Crippen LogP contribution in [0.4, 0.5) is 13.2 Å². The summed E-state index contributed by atoms with van der Waals surface area (Å²) in [5, 5.41) is -0.189. The number of benzene rings is 1. The van der Waals surface area contributed by atoms with Gasteiger partial charge in [-0.15, -0.1) is 5.06 Å². The van der Waals surface area contributed by atoms with E-state index in [4.69, 9.17) is 5.73 Å². The van der Waals surface area contributed by atoms with Crippen molar-refractivity contribution in [3.8, 4) is 11.8 Å². The molecule has 2 aliphatic heterocycles. The van der Waals surface area contributed by atoms with Crippen molar-refractivity contribution in [1.29, 1.82) is 0 Å². The molecule has 3 amide bonds. The van der Waals surface area contributed by atoms with Gasteiger partial charge in [0.15, 0.2) is 0 Å². The van der Waals surface area contributed by atoms with Gasteiger partial charge in [0.2, 0.25) is 0 Å². The summed E-state index contributed by atoms with van der Waals surface area (Å²) in [6.45, 7) is 0.660. The summed E-state index contributed by atoms with van der Waals surface area (Å²) in [4.78, 5) is 54.0. The van der Waals surface area contributed by atoms with Gasteiger partial charge in [-0.05, 0) is 43.5 Å². The second-order valence-corrected chi connectivity index (χ2v) is 7.98. The van der Waals surface area contributed by atoms with Crippen LogP contribution in [0.25, 0.3) is 0 Å². The van der Waals surface area contributed by atoms with Gasteiger partial charge < -0.3 is 15.5 Å². The number of nitrogens with two attached hydrogens (primary N) is 1. The summed E-state index contributed by atoms with van der Waals surface area (Å²) in [6.07, 6.45) is -1.22. The van der Waals surface area contributed by atoms with E-state index >= 15 is 0 Å². The van der Waals surface area contributed by atoms with Crippen LogP contribution in [0, 0.1) is 11.8 Å². The summed E-state index contributed by atoms with van der Waals surface area (Å²) in [7, 11) is 0. The molecule has 11 heteroatoms. The van der Waals surface area contributed by atoms with E-state index in [1.54, 1.807) is 18.2 Å². The van der Waals surface area contributed by atoms with Crippen LogP contribution < -0.4 is 5.73 Å². The number of carbonyl (C=O) groups is 4. The normalized spacial score (nSPS) is 18.0. The summed E-state index contributed by atoms with van der Waals surface area (Å²) >= 11 is 0. The molecule has 1 aromatic rings. The fourth-order valence-corrected chi connectivity index (χ4v) is 3.86. The average molecular weight is 479 g/mol. The molecule has 3 rings (SSSR count). The van der Waals surface area contributed by atoms with Crippen molar-refractivity contribution >= 4 is 23.7 Å². The average Bonchev–Trinajstić information content (AvgIpc) is 3.12. The number of rotatable bonds is 7. The fraction of sp³-hybridized carbons (Fsp3) is 0.478. The van der Waals surface area contributed by atoms with Crippen LogP contribution in [0.2, 0.25) is 0 Å². The van der Waals surface area contributed by atoms with Gasteiger partial charge in [0, 0.05) is 30.5 Å². The quantitative estimate of drug-likeness (QED) is 0.366. The number of halogens is 3. The molecule has 0 radical (unpaired) electrons. The Morgan fingerprint density at radius 3 is 2.59 bits per heavy atom. The summed E-state index contributed by atoms with van der Waals surface area (Å²) in [5.41, 5.74) is 7.02. The first-order chi connectivity index (χ1) is 16.1. The van der Waals surface area contributed by atoms with Crippen LogP contribution in [-0.2, 0) is 25.8 Å². The van der Waals surface area contributed by atoms with Gasteiger partial charge in [-0.2, -0.15) is 13.2 Å². The Kier molecular flexibility index (Phi) is 7.94. The smallest absolute Gasteiger partial charge is 0.330 e. The second-order valence-electron chi connectivity index (χ2n) is 7.98. The molecule has 8 nitrogen and oxygen atoms in total. The Balaban J connectivity index is 1.72. The van der Waals surface area contributed by atoms with Gasteiger partial charge >= 0.3 is 12.1 Å². The number of hydroxylamine groups is 2. The van der Waals surface area contributed by atoms with Crippen LogP contribution in [0.15, 0.2) is 18.2 Å². The maximum Gasteiger partial charge on any atom is 0.493 e. The van der Waals surface area contributed by atoms with Crippen molar-refractivity contribution in [3.63, 3.8) is 0 Å². The zero-order valence-electron chi connectivity index (χ0n) is 18.3. The molecule has 1 saturated heterocycles. The molecule has 1 atom stereocenters. The molecule has 0 aromatic heterocycles. The predicted molar refractivity (Wildman–Crippen MR) is 112 cm³/mol. The minimum absolute atomic E-state index is 0.00117. The van der Waals surface area contributed by atoms with Gasteiger partial charge in [-0.1, -0.05) is 30.7 Å². The minimum atomic E-state index is -5.38. The van der Waals surface area contributed by atoms with Gasteiger partial charge in [0.05, 0.1) is 0 Å². The van der Waals surface area contributed by atoms with E-state index in [9.17, 15) is 32.3 Å².